The van der Waals surface area contributed by atoms with Crippen molar-refractivity contribution in [3.05, 3.63) is 29.8 Å². The van der Waals surface area contributed by atoms with Crippen molar-refractivity contribution < 1.29 is 13.6 Å². The summed E-state index contributed by atoms with van der Waals surface area (Å²) in [7, 11) is 0. The summed E-state index contributed by atoms with van der Waals surface area (Å²) in [6.45, 7) is 7.02. The minimum Gasteiger partial charge on any atom is -0.358 e. The lowest BCUT2D eigenvalue weighted by Gasteiger charge is -2.44. The first-order valence-corrected chi connectivity index (χ1v) is 8.42. The largest absolute Gasteiger partial charge is 0.358 e. The Labute approximate surface area is 146 Å². The quantitative estimate of drug-likeness (QED) is 0.795. The van der Waals surface area contributed by atoms with Crippen molar-refractivity contribution in [3.8, 4) is 0 Å². The highest BCUT2D eigenvalue weighted by Gasteiger charge is 2.32. The predicted octanol–water partition coefficient (Wildman–Crippen LogP) is 3.43. The maximum Gasteiger partial charge on any atom is 0.224 e. The van der Waals surface area contributed by atoms with E-state index >= 15 is 0 Å². The normalized spacial score (nSPS) is 19.8. The molecule has 1 heterocycles. The lowest BCUT2D eigenvalue weighted by molar-refractivity contribution is -0.116. The van der Waals surface area contributed by atoms with Gasteiger partial charge in [0.25, 0.3) is 0 Å². The standard InChI is InChI=1S/C17H23F2N3OS/c1-11-10-17(2,3)21-16(24)22(11)8-4-5-15(23)20-12-6-7-13(18)14(19)9-12/h6-7,9,11H,4-5,8,10H2,1-3H3,(H,20,23)(H,21,24)/t11-/m0/s1. The number of carbonyl (C=O) groups excluding carboxylic acids is 1. The molecule has 1 amide bonds. The summed E-state index contributed by atoms with van der Waals surface area (Å²) >= 11 is 5.40. The fourth-order valence-corrected chi connectivity index (χ4v) is 3.54. The Bertz CT molecular complexity index is 636. The van der Waals surface area contributed by atoms with E-state index in [1.165, 1.54) is 6.07 Å². The molecule has 24 heavy (non-hydrogen) atoms. The summed E-state index contributed by atoms with van der Waals surface area (Å²) in [5.41, 5.74) is 0.237. The van der Waals surface area contributed by atoms with Gasteiger partial charge in [-0.2, -0.15) is 0 Å². The number of nitrogens with one attached hydrogen (secondary N) is 2. The van der Waals surface area contributed by atoms with Crippen molar-refractivity contribution in [1.29, 1.82) is 0 Å². The molecule has 1 fully saturated rings. The van der Waals surface area contributed by atoms with Crippen LogP contribution in [-0.2, 0) is 4.79 Å². The molecule has 0 unspecified atom stereocenters. The zero-order valence-corrected chi connectivity index (χ0v) is 15.0. The molecule has 0 saturated carbocycles. The van der Waals surface area contributed by atoms with Gasteiger partial charge >= 0.3 is 0 Å². The molecule has 2 rings (SSSR count). The average molecular weight is 355 g/mol. The fraction of sp³-hybridized carbons (Fsp3) is 0.529. The molecule has 1 aliphatic heterocycles. The zero-order chi connectivity index (χ0) is 17.9. The number of nitrogens with zero attached hydrogens (tertiary/aromatic N) is 1. The monoisotopic (exact) mass is 355 g/mol. The molecule has 4 nitrogen and oxygen atoms in total. The zero-order valence-electron chi connectivity index (χ0n) is 14.2. The molecule has 0 aliphatic carbocycles. The van der Waals surface area contributed by atoms with Gasteiger partial charge in [-0.05, 0) is 58.0 Å². The van der Waals surface area contributed by atoms with Crippen molar-refractivity contribution >= 4 is 28.9 Å². The van der Waals surface area contributed by atoms with Crippen LogP contribution < -0.4 is 10.6 Å². The van der Waals surface area contributed by atoms with Crippen LogP contribution in [0.1, 0.15) is 40.0 Å². The van der Waals surface area contributed by atoms with Gasteiger partial charge in [-0.25, -0.2) is 8.78 Å². The smallest absolute Gasteiger partial charge is 0.224 e. The number of hydrogen-bond donors (Lipinski definition) is 2. The molecule has 0 aromatic heterocycles. The maximum absolute atomic E-state index is 13.1. The number of carbonyl (C=O) groups is 1. The van der Waals surface area contributed by atoms with Gasteiger partial charge in [0.1, 0.15) is 0 Å². The second-order valence-electron chi connectivity index (χ2n) is 6.84. The number of anilines is 1. The van der Waals surface area contributed by atoms with Crippen LogP contribution in [0.15, 0.2) is 18.2 Å². The number of thiocarbonyl (C=S) groups is 1. The predicted molar refractivity (Wildman–Crippen MR) is 94.8 cm³/mol. The van der Waals surface area contributed by atoms with Gasteiger partial charge in [-0.15, -0.1) is 0 Å². The Morgan fingerprint density at radius 2 is 2.12 bits per heavy atom. The number of rotatable bonds is 5. The Kier molecular flexibility index (Phi) is 5.74. The minimum absolute atomic E-state index is 0.0168. The van der Waals surface area contributed by atoms with Crippen molar-refractivity contribution in [3.63, 3.8) is 0 Å². The highest BCUT2D eigenvalue weighted by molar-refractivity contribution is 7.80. The van der Waals surface area contributed by atoms with Crippen LogP contribution in [0.2, 0.25) is 0 Å². The summed E-state index contributed by atoms with van der Waals surface area (Å²) in [5, 5.41) is 6.58. The molecule has 132 valence electrons. The average Bonchev–Trinajstić information content (AvgIpc) is 2.45. The third kappa shape index (κ3) is 4.87. The van der Waals surface area contributed by atoms with Gasteiger partial charge in [0.05, 0.1) is 0 Å². The van der Waals surface area contributed by atoms with Crippen LogP contribution in [0, 0.1) is 11.6 Å². The lowest BCUT2D eigenvalue weighted by atomic mass is 9.93. The van der Waals surface area contributed by atoms with Crippen LogP contribution in [0.5, 0.6) is 0 Å². The Balaban J connectivity index is 1.80. The molecule has 1 saturated heterocycles. The molecule has 1 aromatic carbocycles. The first-order valence-electron chi connectivity index (χ1n) is 8.01. The number of hydrogen-bond acceptors (Lipinski definition) is 2. The first kappa shape index (κ1) is 18.6. The Morgan fingerprint density at radius 1 is 1.42 bits per heavy atom. The van der Waals surface area contributed by atoms with Crippen molar-refractivity contribution in [2.45, 2.75) is 51.6 Å². The van der Waals surface area contributed by atoms with Gasteiger partial charge in [0, 0.05) is 36.3 Å². The van der Waals surface area contributed by atoms with Gasteiger partial charge in [0.15, 0.2) is 16.7 Å². The molecular formula is C17H23F2N3OS. The second kappa shape index (κ2) is 7.42. The third-order valence-corrected chi connectivity index (χ3v) is 4.39. The fourth-order valence-electron chi connectivity index (χ4n) is 2.99. The SMILES string of the molecule is C[C@H]1CC(C)(C)NC(=S)N1CCCC(=O)Nc1ccc(F)c(F)c1. The van der Waals surface area contributed by atoms with Crippen molar-refractivity contribution in [2.24, 2.45) is 0 Å². The summed E-state index contributed by atoms with van der Waals surface area (Å²) in [6.07, 6.45) is 1.88. The van der Waals surface area contributed by atoms with Crippen LogP contribution in [-0.4, -0.2) is 34.0 Å². The van der Waals surface area contributed by atoms with Crippen molar-refractivity contribution in [2.75, 3.05) is 11.9 Å². The van der Waals surface area contributed by atoms with Crippen LogP contribution in [0.25, 0.3) is 0 Å². The molecule has 7 heteroatoms. The number of benzene rings is 1. The van der Waals surface area contributed by atoms with Gasteiger partial charge in [-0.1, -0.05) is 0 Å². The Hall–Kier alpha value is -1.76. The molecule has 0 radical (unpaired) electrons. The van der Waals surface area contributed by atoms with Crippen LogP contribution >= 0.6 is 12.2 Å². The minimum atomic E-state index is -0.978. The molecular weight excluding hydrogens is 332 g/mol. The molecule has 0 bridgehead atoms. The maximum atomic E-state index is 13.1. The molecule has 1 aliphatic rings. The van der Waals surface area contributed by atoms with E-state index in [0.717, 1.165) is 18.6 Å². The van der Waals surface area contributed by atoms with Crippen LogP contribution in [0.3, 0.4) is 0 Å². The number of halogens is 2. The number of amides is 1. The van der Waals surface area contributed by atoms with E-state index in [-0.39, 0.29) is 23.6 Å². The summed E-state index contributed by atoms with van der Waals surface area (Å²) in [6, 6.07) is 3.61. The van der Waals surface area contributed by atoms with Gasteiger partial charge < -0.3 is 15.5 Å². The highest BCUT2D eigenvalue weighted by Crippen LogP contribution is 2.22. The van der Waals surface area contributed by atoms with E-state index in [0.29, 0.717) is 24.1 Å². The molecule has 1 aromatic rings. The van der Waals surface area contributed by atoms with E-state index < -0.39 is 11.6 Å². The summed E-state index contributed by atoms with van der Waals surface area (Å²) < 4.78 is 26.0. The van der Waals surface area contributed by atoms with E-state index in [9.17, 15) is 13.6 Å². The molecule has 2 N–H and O–H groups in total. The van der Waals surface area contributed by atoms with E-state index in [2.05, 4.69) is 36.3 Å². The van der Waals surface area contributed by atoms with E-state index in [1.54, 1.807) is 0 Å². The van der Waals surface area contributed by atoms with E-state index in [1.807, 2.05) is 0 Å². The summed E-state index contributed by atoms with van der Waals surface area (Å²) in [5.74, 6) is -2.14. The van der Waals surface area contributed by atoms with Crippen LogP contribution in [0.4, 0.5) is 14.5 Å². The topological polar surface area (TPSA) is 44.4 Å². The van der Waals surface area contributed by atoms with Gasteiger partial charge in [-0.3, -0.25) is 4.79 Å². The third-order valence-electron chi connectivity index (χ3n) is 4.05. The van der Waals surface area contributed by atoms with Gasteiger partial charge in [0.2, 0.25) is 5.91 Å². The second-order valence-corrected chi connectivity index (χ2v) is 7.23. The Morgan fingerprint density at radius 3 is 2.75 bits per heavy atom. The first-order chi connectivity index (χ1) is 11.2. The molecule has 1 atom stereocenters. The lowest BCUT2D eigenvalue weighted by Crippen LogP contribution is -2.60. The molecule has 0 spiro atoms. The summed E-state index contributed by atoms with van der Waals surface area (Å²) in [4.78, 5) is 14.0. The van der Waals surface area contributed by atoms with E-state index in [4.69, 9.17) is 12.2 Å². The van der Waals surface area contributed by atoms with Crippen molar-refractivity contribution in [1.82, 2.24) is 10.2 Å². The highest BCUT2D eigenvalue weighted by atomic mass is 32.1.